The number of carbonyl (C=O) groups excluding carboxylic acids is 2. The van der Waals surface area contributed by atoms with Crippen LogP contribution in [0.2, 0.25) is 0 Å². The van der Waals surface area contributed by atoms with Crippen LogP contribution in [-0.4, -0.2) is 37.5 Å². The highest BCUT2D eigenvalue weighted by molar-refractivity contribution is 9.10. The van der Waals surface area contributed by atoms with E-state index in [9.17, 15) is 9.59 Å². The Balaban J connectivity index is 1.70. The Bertz CT molecular complexity index is 947. The van der Waals surface area contributed by atoms with E-state index in [2.05, 4.69) is 52.9 Å². The van der Waals surface area contributed by atoms with Crippen LogP contribution in [0.3, 0.4) is 0 Å². The van der Waals surface area contributed by atoms with Crippen LogP contribution in [0.1, 0.15) is 50.7 Å². The maximum atomic E-state index is 12.0. The van der Waals surface area contributed by atoms with Gasteiger partial charge in [0, 0.05) is 32.9 Å². The summed E-state index contributed by atoms with van der Waals surface area (Å²) in [6.07, 6.45) is 4.73. The molecule has 8 nitrogen and oxygen atoms in total. The van der Waals surface area contributed by atoms with Crippen molar-refractivity contribution in [3.05, 3.63) is 56.5 Å². The van der Waals surface area contributed by atoms with E-state index in [1.165, 1.54) is 0 Å². The monoisotopic (exact) mass is 594 g/mol. The van der Waals surface area contributed by atoms with Crippen molar-refractivity contribution in [3.8, 4) is 11.5 Å². The van der Waals surface area contributed by atoms with Crippen molar-refractivity contribution in [1.29, 1.82) is 0 Å². The van der Waals surface area contributed by atoms with E-state index < -0.39 is 0 Å². The zero-order chi connectivity index (χ0) is 24.8. The molecular formula is C24H28Br2N4O4. The quantitative estimate of drug-likeness (QED) is 0.189. The summed E-state index contributed by atoms with van der Waals surface area (Å²) >= 11 is 6.82. The fraction of sp³-hybridized carbons (Fsp3) is 0.333. The van der Waals surface area contributed by atoms with Gasteiger partial charge in [-0.2, -0.15) is 10.2 Å². The molecule has 0 aliphatic rings. The first-order chi connectivity index (χ1) is 16.4. The molecule has 2 N–H and O–H groups in total. The molecule has 0 spiro atoms. The van der Waals surface area contributed by atoms with Crippen molar-refractivity contribution >= 4 is 56.1 Å². The third-order valence-corrected chi connectivity index (χ3v) is 5.37. The topological polar surface area (TPSA) is 101 Å². The number of halogens is 2. The number of hydrogen-bond acceptors (Lipinski definition) is 6. The molecule has 0 fully saturated rings. The third-order valence-electron chi connectivity index (χ3n) is 4.39. The van der Waals surface area contributed by atoms with Crippen molar-refractivity contribution < 1.29 is 19.1 Å². The number of hydrazone groups is 2. The van der Waals surface area contributed by atoms with Gasteiger partial charge in [-0.1, -0.05) is 31.9 Å². The minimum Gasteiger partial charge on any atom is -0.493 e. The Kier molecular flexibility index (Phi) is 12.3. The van der Waals surface area contributed by atoms with E-state index in [0.29, 0.717) is 37.6 Å². The molecule has 0 bridgehead atoms. The highest BCUT2D eigenvalue weighted by Gasteiger charge is 2.06. The van der Waals surface area contributed by atoms with Gasteiger partial charge < -0.3 is 9.47 Å². The van der Waals surface area contributed by atoms with Crippen LogP contribution in [0.4, 0.5) is 0 Å². The van der Waals surface area contributed by atoms with E-state index in [-0.39, 0.29) is 24.7 Å². The Morgan fingerprint density at radius 2 is 1.21 bits per heavy atom. The first kappa shape index (κ1) is 27.5. The lowest BCUT2D eigenvalue weighted by atomic mass is 10.2. The molecule has 0 aliphatic carbocycles. The van der Waals surface area contributed by atoms with Crippen LogP contribution >= 0.6 is 31.9 Å². The van der Waals surface area contributed by atoms with Crippen molar-refractivity contribution in [3.63, 3.8) is 0 Å². The summed E-state index contributed by atoms with van der Waals surface area (Å²) in [5.74, 6) is 0.930. The predicted molar refractivity (Wildman–Crippen MR) is 141 cm³/mol. The van der Waals surface area contributed by atoms with Gasteiger partial charge in [0.05, 0.1) is 25.6 Å². The molecule has 0 saturated heterocycles. The second kappa shape index (κ2) is 15.2. The number of nitrogens with zero attached hydrogens (tertiary/aromatic N) is 2. The second-order valence-corrected chi connectivity index (χ2v) is 8.86. The normalized spacial score (nSPS) is 11.1. The summed E-state index contributed by atoms with van der Waals surface area (Å²) in [5.41, 5.74) is 6.51. The number of nitrogens with one attached hydrogen (secondary N) is 2. The lowest BCUT2D eigenvalue weighted by molar-refractivity contribution is -0.123. The maximum absolute atomic E-state index is 12.0. The van der Waals surface area contributed by atoms with Crippen molar-refractivity contribution in [2.45, 2.75) is 39.5 Å². The lowest BCUT2D eigenvalue weighted by Crippen LogP contribution is -2.19. The standard InChI is InChI=1S/C24H28Br2N4O4/c1-3-33-21-11-9-19(25)13-17(21)15-27-29-23(31)7-5-6-8-24(32)30-28-16-18-14-20(26)10-12-22(18)34-4-2/h9-16H,3-8H2,1-2H3,(H,29,31)(H,30,32)/b27-15-,28-16-. The van der Waals surface area contributed by atoms with Gasteiger partial charge in [0.2, 0.25) is 11.8 Å². The number of rotatable bonds is 13. The molecule has 0 unspecified atom stereocenters. The van der Waals surface area contributed by atoms with Crippen molar-refractivity contribution in [2.75, 3.05) is 13.2 Å². The molecule has 2 rings (SSSR count). The zero-order valence-electron chi connectivity index (χ0n) is 19.1. The van der Waals surface area contributed by atoms with Gasteiger partial charge in [0.15, 0.2) is 0 Å². The van der Waals surface area contributed by atoms with Crippen LogP contribution in [0.15, 0.2) is 55.5 Å². The molecule has 34 heavy (non-hydrogen) atoms. The number of ether oxygens (including phenoxy) is 2. The minimum absolute atomic E-state index is 0.222. The van der Waals surface area contributed by atoms with E-state index in [1.54, 1.807) is 12.4 Å². The predicted octanol–water partition coefficient (Wildman–Crippen LogP) is 5.17. The molecule has 2 aromatic carbocycles. The zero-order valence-corrected chi connectivity index (χ0v) is 22.3. The number of unbranched alkanes of at least 4 members (excludes halogenated alkanes) is 1. The molecule has 0 aliphatic heterocycles. The van der Waals surface area contributed by atoms with Gasteiger partial charge in [-0.3, -0.25) is 9.59 Å². The van der Waals surface area contributed by atoms with Crippen LogP contribution < -0.4 is 20.3 Å². The Morgan fingerprint density at radius 3 is 1.59 bits per heavy atom. The molecule has 10 heteroatoms. The Hall–Kier alpha value is -2.72. The summed E-state index contributed by atoms with van der Waals surface area (Å²) in [7, 11) is 0. The average Bonchev–Trinajstić information content (AvgIpc) is 2.80. The number of carbonyl (C=O) groups is 2. The molecule has 182 valence electrons. The van der Waals surface area contributed by atoms with Gasteiger partial charge in [0.1, 0.15) is 11.5 Å². The molecular weight excluding hydrogens is 568 g/mol. The van der Waals surface area contributed by atoms with Gasteiger partial charge in [-0.05, 0) is 63.1 Å². The highest BCUT2D eigenvalue weighted by atomic mass is 79.9. The molecule has 0 radical (unpaired) electrons. The van der Waals surface area contributed by atoms with Crippen LogP contribution in [-0.2, 0) is 9.59 Å². The smallest absolute Gasteiger partial charge is 0.240 e. The Morgan fingerprint density at radius 1 is 0.794 bits per heavy atom. The maximum Gasteiger partial charge on any atom is 0.240 e. The molecule has 0 atom stereocenters. The number of benzene rings is 2. The summed E-state index contributed by atoms with van der Waals surface area (Å²) in [4.78, 5) is 24.0. The van der Waals surface area contributed by atoms with E-state index >= 15 is 0 Å². The van der Waals surface area contributed by atoms with Gasteiger partial charge in [-0.25, -0.2) is 10.9 Å². The summed E-state index contributed by atoms with van der Waals surface area (Å²) in [6, 6.07) is 11.1. The van der Waals surface area contributed by atoms with Crippen LogP contribution in [0.5, 0.6) is 11.5 Å². The fourth-order valence-electron chi connectivity index (χ4n) is 2.84. The summed E-state index contributed by atoms with van der Waals surface area (Å²) in [6.45, 7) is 4.87. The van der Waals surface area contributed by atoms with Gasteiger partial charge in [0.25, 0.3) is 0 Å². The van der Waals surface area contributed by atoms with E-state index in [4.69, 9.17) is 9.47 Å². The largest absolute Gasteiger partial charge is 0.493 e. The summed E-state index contributed by atoms with van der Waals surface area (Å²) in [5, 5.41) is 8.00. The number of amides is 2. The molecule has 0 saturated carbocycles. The molecule has 2 aromatic rings. The summed E-state index contributed by atoms with van der Waals surface area (Å²) < 4.78 is 12.9. The SMILES string of the molecule is CCOc1ccc(Br)cc1/C=N\NC(=O)CCCCC(=O)N/N=C\c1cc(Br)ccc1OCC. The highest BCUT2D eigenvalue weighted by Crippen LogP contribution is 2.22. The number of hydrogen-bond donors (Lipinski definition) is 2. The van der Waals surface area contributed by atoms with Gasteiger partial charge in [-0.15, -0.1) is 0 Å². The van der Waals surface area contributed by atoms with Crippen LogP contribution in [0, 0.1) is 0 Å². The molecule has 0 heterocycles. The van der Waals surface area contributed by atoms with Crippen molar-refractivity contribution in [1.82, 2.24) is 10.9 Å². The average molecular weight is 596 g/mol. The van der Waals surface area contributed by atoms with E-state index in [0.717, 1.165) is 20.1 Å². The first-order valence-electron chi connectivity index (χ1n) is 10.9. The third kappa shape index (κ3) is 10.0. The molecule has 2 amide bonds. The fourth-order valence-corrected chi connectivity index (χ4v) is 3.60. The van der Waals surface area contributed by atoms with Crippen molar-refractivity contribution in [2.24, 2.45) is 10.2 Å². The van der Waals surface area contributed by atoms with E-state index in [1.807, 2.05) is 50.2 Å². The van der Waals surface area contributed by atoms with Gasteiger partial charge >= 0.3 is 0 Å². The lowest BCUT2D eigenvalue weighted by Gasteiger charge is -2.07. The Labute approximate surface area is 216 Å². The minimum atomic E-state index is -0.222. The second-order valence-electron chi connectivity index (χ2n) is 7.02. The molecule has 0 aromatic heterocycles. The van der Waals surface area contributed by atoms with Crippen LogP contribution in [0.25, 0.3) is 0 Å². The first-order valence-corrected chi connectivity index (χ1v) is 12.5.